The summed E-state index contributed by atoms with van der Waals surface area (Å²) in [5.74, 6) is 1.80. The van der Waals surface area contributed by atoms with Gasteiger partial charge < -0.3 is 15.4 Å². The van der Waals surface area contributed by atoms with Crippen LogP contribution < -0.4 is 16.0 Å². The Morgan fingerprint density at radius 3 is 2.76 bits per heavy atom. The van der Waals surface area contributed by atoms with Crippen LogP contribution in [0.15, 0.2) is 36.7 Å². The SMILES string of the molecule is Cc1cc(Nc2cncc(Nc3ccc4c(c3)NC(=O)OC4)n2)n[nH]1. The molecule has 0 atom stereocenters. The zero-order valence-electron chi connectivity index (χ0n) is 13.3. The predicted molar refractivity (Wildman–Crippen MR) is 92.2 cm³/mol. The molecule has 3 aromatic rings. The standard InChI is InChI=1S/C16H15N7O2/c1-9-4-13(23-22-9)20-15-7-17-6-14(21-15)18-11-3-2-10-8-25-16(24)19-12(10)5-11/h2-7H,8H2,1H3,(H,19,24)(H3,18,20,21,22,23). The normalized spacial score (nSPS) is 12.8. The van der Waals surface area contributed by atoms with Gasteiger partial charge in [-0.1, -0.05) is 6.07 Å². The van der Waals surface area contributed by atoms with E-state index < -0.39 is 6.09 Å². The van der Waals surface area contributed by atoms with Gasteiger partial charge in [-0.3, -0.25) is 15.4 Å². The molecule has 1 amide bonds. The number of aromatic amines is 1. The maximum Gasteiger partial charge on any atom is 0.411 e. The molecule has 126 valence electrons. The van der Waals surface area contributed by atoms with E-state index in [4.69, 9.17) is 4.74 Å². The Labute approximate surface area is 142 Å². The van der Waals surface area contributed by atoms with E-state index in [1.54, 1.807) is 12.4 Å². The molecule has 4 N–H and O–H groups in total. The van der Waals surface area contributed by atoms with Gasteiger partial charge in [0.25, 0.3) is 0 Å². The molecule has 1 aliphatic rings. The number of benzene rings is 1. The summed E-state index contributed by atoms with van der Waals surface area (Å²) in [6, 6.07) is 7.47. The van der Waals surface area contributed by atoms with Crippen molar-refractivity contribution in [3.05, 3.63) is 47.9 Å². The lowest BCUT2D eigenvalue weighted by Crippen LogP contribution is -2.20. The van der Waals surface area contributed by atoms with Gasteiger partial charge in [0, 0.05) is 23.0 Å². The molecule has 25 heavy (non-hydrogen) atoms. The monoisotopic (exact) mass is 337 g/mol. The molecule has 9 heteroatoms. The minimum atomic E-state index is -0.454. The second-order valence-electron chi connectivity index (χ2n) is 5.55. The maximum atomic E-state index is 11.3. The lowest BCUT2D eigenvalue weighted by molar-refractivity contribution is 0.151. The fourth-order valence-electron chi connectivity index (χ4n) is 2.43. The second-order valence-corrected chi connectivity index (χ2v) is 5.55. The van der Waals surface area contributed by atoms with Crippen LogP contribution in [0.2, 0.25) is 0 Å². The number of hydrogen-bond acceptors (Lipinski definition) is 7. The molecule has 0 saturated heterocycles. The van der Waals surface area contributed by atoms with Gasteiger partial charge in [-0.15, -0.1) is 0 Å². The molecule has 3 heterocycles. The number of nitrogens with zero attached hydrogens (tertiary/aromatic N) is 3. The van der Waals surface area contributed by atoms with E-state index in [-0.39, 0.29) is 6.61 Å². The van der Waals surface area contributed by atoms with Crippen LogP contribution in [0.3, 0.4) is 0 Å². The van der Waals surface area contributed by atoms with Gasteiger partial charge in [0.1, 0.15) is 6.61 Å². The van der Waals surface area contributed by atoms with Crippen LogP contribution in [0.1, 0.15) is 11.3 Å². The Balaban J connectivity index is 1.52. The van der Waals surface area contributed by atoms with Crippen LogP contribution in [-0.4, -0.2) is 26.3 Å². The summed E-state index contributed by atoms with van der Waals surface area (Å²) in [5, 5.41) is 15.9. The number of cyclic esters (lactones) is 1. The quantitative estimate of drug-likeness (QED) is 0.578. The summed E-state index contributed by atoms with van der Waals surface area (Å²) in [5.41, 5.74) is 3.36. The first-order valence-electron chi connectivity index (χ1n) is 7.60. The van der Waals surface area contributed by atoms with Crippen LogP contribution in [0.5, 0.6) is 0 Å². The second kappa shape index (κ2) is 6.11. The van der Waals surface area contributed by atoms with Crippen molar-refractivity contribution in [2.75, 3.05) is 16.0 Å². The summed E-state index contributed by atoms with van der Waals surface area (Å²) in [7, 11) is 0. The van der Waals surface area contributed by atoms with Crippen LogP contribution in [0, 0.1) is 6.92 Å². The minimum Gasteiger partial charge on any atom is -0.444 e. The van der Waals surface area contributed by atoms with Crippen molar-refractivity contribution in [2.45, 2.75) is 13.5 Å². The molecule has 0 radical (unpaired) electrons. The van der Waals surface area contributed by atoms with Gasteiger partial charge in [0.2, 0.25) is 0 Å². The van der Waals surface area contributed by atoms with Gasteiger partial charge in [-0.2, -0.15) is 5.10 Å². The molecule has 1 aliphatic heterocycles. The number of ether oxygens (including phenoxy) is 1. The lowest BCUT2D eigenvalue weighted by atomic mass is 10.1. The molecule has 0 bridgehead atoms. The fraction of sp³-hybridized carbons (Fsp3) is 0.125. The molecule has 4 rings (SSSR count). The number of aromatic nitrogens is 4. The molecule has 0 saturated carbocycles. The lowest BCUT2D eigenvalue weighted by Gasteiger charge is -2.18. The fourth-order valence-corrected chi connectivity index (χ4v) is 2.43. The number of aryl methyl sites for hydroxylation is 1. The average molecular weight is 337 g/mol. The molecule has 9 nitrogen and oxygen atoms in total. The number of amides is 1. The van der Waals surface area contributed by atoms with E-state index in [9.17, 15) is 4.79 Å². The number of carbonyl (C=O) groups is 1. The van der Waals surface area contributed by atoms with Crippen molar-refractivity contribution in [2.24, 2.45) is 0 Å². The van der Waals surface area contributed by atoms with Crippen molar-refractivity contribution in [1.82, 2.24) is 20.2 Å². The third kappa shape index (κ3) is 3.34. The molecule has 0 unspecified atom stereocenters. The van der Waals surface area contributed by atoms with Crippen molar-refractivity contribution < 1.29 is 9.53 Å². The highest BCUT2D eigenvalue weighted by molar-refractivity contribution is 5.88. The number of H-pyrrole nitrogens is 1. The van der Waals surface area contributed by atoms with Gasteiger partial charge in [-0.05, 0) is 19.1 Å². The number of anilines is 5. The Kier molecular flexibility index (Phi) is 3.65. The number of nitrogens with one attached hydrogen (secondary N) is 4. The first-order chi connectivity index (χ1) is 12.2. The van der Waals surface area contributed by atoms with E-state index in [1.165, 1.54) is 0 Å². The third-order valence-electron chi connectivity index (χ3n) is 3.57. The molecule has 0 aliphatic carbocycles. The highest BCUT2D eigenvalue weighted by Crippen LogP contribution is 2.27. The third-order valence-corrected chi connectivity index (χ3v) is 3.57. The smallest absolute Gasteiger partial charge is 0.411 e. The summed E-state index contributed by atoms with van der Waals surface area (Å²) in [6.45, 7) is 2.19. The van der Waals surface area contributed by atoms with E-state index >= 15 is 0 Å². The summed E-state index contributed by atoms with van der Waals surface area (Å²) < 4.78 is 4.93. The van der Waals surface area contributed by atoms with Crippen molar-refractivity contribution in [3.8, 4) is 0 Å². The molecule has 0 spiro atoms. The maximum absolute atomic E-state index is 11.3. The Bertz CT molecular complexity index is 938. The molecule has 0 fully saturated rings. The van der Waals surface area contributed by atoms with E-state index in [0.717, 1.165) is 22.6 Å². The van der Waals surface area contributed by atoms with Gasteiger partial charge >= 0.3 is 6.09 Å². The first kappa shape index (κ1) is 14.9. The Morgan fingerprint density at radius 2 is 1.96 bits per heavy atom. The Morgan fingerprint density at radius 1 is 1.12 bits per heavy atom. The van der Waals surface area contributed by atoms with Gasteiger partial charge in [0.05, 0.1) is 18.1 Å². The molecular formula is C16H15N7O2. The minimum absolute atomic E-state index is 0.268. The van der Waals surface area contributed by atoms with E-state index in [2.05, 4.69) is 36.1 Å². The van der Waals surface area contributed by atoms with Crippen LogP contribution in [0.4, 0.5) is 33.6 Å². The predicted octanol–water partition coefficient (Wildman–Crippen LogP) is 3.06. The number of rotatable bonds is 4. The van der Waals surface area contributed by atoms with Crippen LogP contribution in [0.25, 0.3) is 0 Å². The summed E-state index contributed by atoms with van der Waals surface area (Å²) >= 11 is 0. The van der Waals surface area contributed by atoms with Crippen molar-refractivity contribution in [3.63, 3.8) is 0 Å². The summed E-state index contributed by atoms with van der Waals surface area (Å²) in [4.78, 5) is 19.9. The van der Waals surface area contributed by atoms with Gasteiger partial charge in [-0.25, -0.2) is 9.78 Å². The molecule has 2 aromatic heterocycles. The highest BCUT2D eigenvalue weighted by Gasteiger charge is 2.15. The van der Waals surface area contributed by atoms with Crippen molar-refractivity contribution >= 4 is 34.9 Å². The largest absolute Gasteiger partial charge is 0.444 e. The zero-order valence-corrected chi connectivity index (χ0v) is 13.3. The molecule has 1 aromatic carbocycles. The van der Waals surface area contributed by atoms with Gasteiger partial charge in [0.15, 0.2) is 17.5 Å². The average Bonchev–Trinajstić information content (AvgIpc) is 3.00. The topological polar surface area (TPSA) is 117 Å². The molecular weight excluding hydrogens is 322 g/mol. The Hall–Kier alpha value is -3.62. The van der Waals surface area contributed by atoms with E-state index in [1.807, 2.05) is 31.2 Å². The first-order valence-corrected chi connectivity index (χ1v) is 7.60. The van der Waals surface area contributed by atoms with Crippen LogP contribution in [-0.2, 0) is 11.3 Å². The van der Waals surface area contributed by atoms with Crippen molar-refractivity contribution in [1.29, 1.82) is 0 Å². The number of carbonyl (C=O) groups excluding carboxylic acids is 1. The summed E-state index contributed by atoms with van der Waals surface area (Å²) in [6.07, 6.45) is 2.77. The highest BCUT2D eigenvalue weighted by atomic mass is 16.5. The van der Waals surface area contributed by atoms with Crippen LogP contribution >= 0.6 is 0 Å². The number of hydrogen-bond donors (Lipinski definition) is 4. The zero-order chi connectivity index (χ0) is 17.2. The number of fused-ring (bicyclic) bond motifs is 1. The van der Waals surface area contributed by atoms with E-state index in [0.29, 0.717) is 17.5 Å².